The molecule has 4 heteroatoms. The second kappa shape index (κ2) is 18.9. The van der Waals surface area contributed by atoms with Crippen LogP contribution in [0.4, 0.5) is 0 Å². The zero-order valence-corrected chi connectivity index (χ0v) is 39.1. The molecular weight excluding hydrogens is 767 g/mol. The molecule has 0 heterocycles. The van der Waals surface area contributed by atoms with Crippen LogP contribution in [0.3, 0.4) is 0 Å². The average Bonchev–Trinajstić information content (AvgIpc) is 3.68. The second-order valence-corrected chi connectivity index (χ2v) is 22.0. The van der Waals surface area contributed by atoms with Gasteiger partial charge in [0.25, 0.3) is 0 Å². The number of benzene rings is 4. The normalized spacial score (nSPS) is 11.6. The molecule has 0 saturated heterocycles. The molecule has 0 aliphatic carbocycles. The van der Waals surface area contributed by atoms with E-state index < -0.39 is 20.8 Å². The van der Waals surface area contributed by atoms with Crippen LogP contribution >= 0.6 is 17.0 Å². The molecule has 0 amide bonds. The average molecular weight is 827 g/mol. The van der Waals surface area contributed by atoms with Gasteiger partial charge in [0.15, 0.2) is 0 Å². The summed E-state index contributed by atoms with van der Waals surface area (Å²) < 4.78 is 0. The van der Waals surface area contributed by atoms with E-state index >= 15 is 0 Å². The monoisotopic (exact) mass is 824 g/mol. The molecule has 0 spiro atoms. The first-order valence-electron chi connectivity index (χ1n) is 18.4. The Labute approximate surface area is 338 Å². The van der Waals surface area contributed by atoms with Crippen molar-refractivity contribution in [1.82, 2.24) is 0 Å². The molecule has 0 atom stereocenters. The third kappa shape index (κ3) is 11.6. The van der Waals surface area contributed by atoms with Crippen molar-refractivity contribution in [2.45, 2.75) is 118 Å². The number of hydrogen-bond acceptors (Lipinski definition) is 0. The first-order valence-corrected chi connectivity index (χ1v) is 26.8. The standard InChI is InChI=1S/C24H29.C22H25.C2H6Si.2ClH.Zr/c1-16-14-20-19(12-13-22(21(20)15-16)24(5,6)7)17-8-10-18(11-9-17)23(2,3)4;1-15(2)18-13-17-7-6-8-20(21(17)14-18)16-9-11-19(12-10-16)22(3,4)5;1-3-2;;;/h8-15H,1-7H3;6-15H,1-5H3;1-2H3;2*1H;/q2*-1;;;;+4/p-2. The molecule has 0 N–H and O–H groups in total. The Bertz CT molecular complexity index is 1990. The number of rotatable bonds is 3. The van der Waals surface area contributed by atoms with Gasteiger partial charge in [-0.15, -0.1) is 68.6 Å². The molecule has 6 rings (SSSR count). The Morgan fingerprint density at radius 1 is 0.596 bits per heavy atom. The van der Waals surface area contributed by atoms with Crippen molar-refractivity contribution in [1.29, 1.82) is 0 Å². The van der Waals surface area contributed by atoms with Crippen LogP contribution in [0.5, 0.6) is 0 Å². The molecule has 0 saturated carbocycles. The van der Waals surface area contributed by atoms with E-state index in [4.69, 9.17) is 17.0 Å². The predicted molar refractivity (Wildman–Crippen MR) is 234 cm³/mol. The van der Waals surface area contributed by atoms with Crippen LogP contribution in [0.1, 0.15) is 110 Å². The maximum atomic E-state index is 4.93. The van der Waals surface area contributed by atoms with Crippen molar-refractivity contribution in [2.75, 3.05) is 0 Å². The molecule has 6 aromatic carbocycles. The molecule has 0 bridgehead atoms. The summed E-state index contributed by atoms with van der Waals surface area (Å²) in [5.41, 5.74) is 12.8. The molecule has 0 aromatic heterocycles. The third-order valence-electron chi connectivity index (χ3n) is 9.40. The third-order valence-corrected chi connectivity index (χ3v) is 9.40. The molecule has 2 radical (unpaired) electrons. The molecule has 52 heavy (non-hydrogen) atoms. The summed E-state index contributed by atoms with van der Waals surface area (Å²) >= 11 is -0.826. The summed E-state index contributed by atoms with van der Waals surface area (Å²) in [6.07, 6.45) is 0. The fourth-order valence-corrected chi connectivity index (χ4v) is 6.49. The van der Waals surface area contributed by atoms with Gasteiger partial charge in [-0.05, 0) is 44.4 Å². The van der Waals surface area contributed by atoms with Crippen molar-refractivity contribution < 1.29 is 20.8 Å². The SMILES string of the molecule is CC(C)c1cc2c(-c3ccc(C(C)(C)C)cc3)cccc2[cH-]1.C[Si]C.Cc1cc2c(-c3ccc(C(C)(C)C)cc3)ccc(C(C)(C)C)c2[cH-]1.[Cl][Zr+2][Cl]. The van der Waals surface area contributed by atoms with Crippen LogP contribution in [0.15, 0.2) is 103 Å². The molecule has 0 fully saturated rings. The van der Waals surface area contributed by atoms with Gasteiger partial charge in [-0.1, -0.05) is 168 Å². The Morgan fingerprint density at radius 3 is 1.48 bits per heavy atom. The first kappa shape index (κ1) is 44.2. The van der Waals surface area contributed by atoms with Crippen LogP contribution in [-0.4, -0.2) is 9.52 Å². The van der Waals surface area contributed by atoms with Gasteiger partial charge in [0.2, 0.25) is 0 Å². The van der Waals surface area contributed by atoms with Gasteiger partial charge in [0.05, 0.1) is 0 Å². The Morgan fingerprint density at radius 2 is 1.06 bits per heavy atom. The Hall–Kier alpha value is -2.22. The van der Waals surface area contributed by atoms with E-state index in [9.17, 15) is 0 Å². The molecule has 0 aliphatic heterocycles. The molecule has 274 valence electrons. The zero-order chi connectivity index (χ0) is 39.0. The van der Waals surface area contributed by atoms with E-state index in [-0.39, 0.29) is 16.2 Å². The van der Waals surface area contributed by atoms with Crippen LogP contribution in [-0.2, 0) is 37.1 Å². The van der Waals surface area contributed by atoms with E-state index in [1.54, 1.807) is 0 Å². The van der Waals surface area contributed by atoms with Gasteiger partial charge in [-0.25, -0.2) is 0 Å². The molecule has 0 aliphatic rings. The fourth-order valence-electron chi connectivity index (χ4n) is 6.49. The second-order valence-electron chi connectivity index (χ2n) is 17.2. The summed E-state index contributed by atoms with van der Waals surface area (Å²) in [5, 5.41) is 5.50. The van der Waals surface area contributed by atoms with Crippen molar-refractivity contribution in [3.8, 4) is 22.3 Å². The molecule has 6 aromatic rings. The summed E-state index contributed by atoms with van der Waals surface area (Å²) in [5.74, 6) is 0.573. The zero-order valence-electron chi connectivity index (χ0n) is 34.1. The number of aryl methyl sites for hydroxylation is 1. The van der Waals surface area contributed by atoms with Crippen molar-refractivity contribution >= 4 is 48.1 Å². The Balaban J connectivity index is 0.000000244. The number of fused-ring (bicyclic) bond motifs is 2. The topological polar surface area (TPSA) is 0 Å². The maximum absolute atomic E-state index is 4.93. The summed E-state index contributed by atoms with van der Waals surface area (Å²) in [6.45, 7) is 31.5. The van der Waals surface area contributed by atoms with E-state index in [0.717, 1.165) is 9.52 Å². The minimum absolute atomic E-state index is 0.160. The predicted octanol–water partition coefficient (Wildman–Crippen LogP) is 15.9. The van der Waals surface area contributed by atoms with Gasteiger partial charge >= 0.3 is 37.9 Å². The fraction of sp³-hybridized carbons (Fsp3) is 0.375. The van der Waals surface area contributed by atoms with Crippen LogP contribution < -0.4 is 0 Å². The van der Waals surface area contributed by atoms with E-state index in [1.165, 1.54) is 71.6 Å². The van der Waals surface area contributed by atoms with Crippen LogP contribution in [0.2, 0.25) is 13.1 Å². The quantitative estimate of drug-likeness (QED) is 0.123. The number of halogens is 2. The van der Waals surface area contributed by atoms with Gasteiger partial charge in [0, 0.05) is 9.52 Å². The van der Waals surface area contributed by atoms with Crippen molar-refractivity contribution in [3.05, 3.63) is 131 Å². The van der Waals surface area contributed by atoms with Gasteiger partial charge in [0.1, 0.15) is 0 Å². The molecule has 0 unspecified atom stereocenters. The first-order chi connectivity index (χ1) is 24.3. The molecular formula is C48H60Cl2SiZr. The summed E-state index contributed by atoms with van der Waals surface area (Å²) in [6, 6.07) is 38.7. The van der Waals surface area contributed by atoms with Gasteiger partial charge in [-0.3, -0.25) is 0 Å². The van der Waals surface area contributed by atoms with Gasteiger partial charge in [-0.2, -0.15) is 12.1 Å². The van der Waals surface area contributed by atoms with Crippen molar-refractivity contribution in [3.63, 3.8) is 0 Å². The van der Waals surface area contributed by atoms with Crippen LogP contribution in [0, 0.1) is 6.92 Å². The van der Waals surface area contributed by atoms with Crippen LogP contribution in [0.25, 0.3) is 43.8 Å². The van der Waals surface area contributed by atoms with E-state index in [0.29, 0.717) is 5.92 Å². The van der Waals surface area contributed by atoms with Crippen molar-refractivity contribution in [2.24, 2.45) is 0 Å². The van der Waals surface area contributed by atoms with Gasteiger partial charge < -0.3 is 0 Å². The molecule has 0 nitrogen and oxygen atoms in total. The minimum atomic E-state index is -0.826. The van der Waals surface area contributed by atoms with E-state index in [2.05, 4.69) is 199 Å². The van der Waals surface area contributed by atoms with E-state index in [1.807, 2.05) is 0 Å². The number of hydrogen-bond donors (Lipinski definition) is 0. The Kier molecular flexibility index (Phi) is 16.0. The summed E-state index contributed by atoms with van der Waals surface area (Å²) in [4.78, 5) is 0. The summed E-state index contributed by atoms with van der Waals surface area (Å²) in [7, 11) is 11.0.